The van der Waals surface area contributed by atoms with Gasteiger partial charge in [-0.05, 0) is 25.0 Å². The van der Waals surface area contributed by atoms with E-state index in [1.165, 1.54) is 0 Å². The summed E-state index contributed by atoms with van der Waals surface area (Å²) in [6, 6.07) is 3.73. The zero-order chi connectivity index (χ0) is 8.10. The fourth-order valence-electron chi connectivity index (χ4n) is 0.596. The maximum Gasteiger partial charge on any atom is 0.135 e. The van der Waals surface area contributed by atoms with Crippen LogP contribution in [0.2, 0.25) is 0 Å². The number of hydrogen-bond acceptors (Lipinski definition) is 3. The Hall–Kier alpha value is -1.01. The Bertz CT molecular complexity index is 281. The quantitative estimate of drug-likeness (QED) is 0.458. The zero-order valence-corrected chi connectivity index (χ0v) is 7.10. The highest BCUT2D eigenvalue weighted by molar-refractivity contribution is 7.80. The van der Waals surface area contributed by atoms with Gasteiger partial charge in [-0.3, -0.25) is 0 Å². The summed E-state index contributed by atoms with van der Waals surface area (Å²) in [4.78, 5) is 0. The standard InChI is InChI=1S/C8H8N2S/c1-7-4-5-8(10-9-7)3-2-6-11/h4-5,11H,6H2,1H3. The Morgan fingerprint density at radius 2 is 2.27 bits per heavy atom. The summed E-state index contributed by atoms with van der Waals surface area (Å²) in [6.07, 6.45) is 0. The molecule has 1 aromatic heterocycles. The van der Waals surface area contributed by atoms with Gasteiger partial charge in [0.25, 0.3) is 0 Å². The average Bonchev–Trinajstić information content (AvgIpc) is 2.04. The van der Waals surface area contributed by atoms with E-state index in [9.17, 15) is 0 Å². The third-order valence-corrected chi connectivity index (χ3v) is 1.25. The van der Waals surface area contributed by atoms with Crippen LogP contribution in [0.4, 0.5) is 0 Å². The van der Waals surface area contributed by atoms with Crippen LogP contribution >= 0.6 is 12.6 Å². The number of aryl methyl sites for hydroxylation is 1. The minimum Gasteiger partial charge on any atom is -0.166 e. The summed E-state index contributed by atoms with van der Waals surface area (Å²) in [5, 5.41) is 7.71. The lowest BCUT2D eigenvalue weighted by molar-refractivity contribution is 0.967. The van der Waals surface area contributed by atoms with E-state index < -0.39 is 0 Å². The van der Waals surface area contributed by atoms with Gasteiger partial charge in [0.05, 0.1) is 11.4 Å². The summed E-state index contributed by atoms with van der Waals surface area (Å²) in [6.45, 7) is 1.89. The van der Waals surface area contributed by atoms with E-state index in [2.05, 4.69) is 34.7 Å². The van der Waals surface area contributed by atoms with Crippen LogP contribution in [-0.2, 0) is 0 Å². The Morgan fingerprint density at radius 3 is 2.82 bits per heavy atom. The SMILES string of the molecule is Cc1ccc(C#CCS)nn1. The lowest BCUT2D eigenvalue weighted by atomic mass is 10.3. The van der Waals surface area contributed by atoms with Crippen molar-refractivity contribution in [2.75, 3.05) is 5.75 Å². The molecular formula is C8H8N2S. The van der Waals surface area contributed by atoms with Crippen LogP contribution in [0, 0.1) is 18.8 Å². The van der Waals surface area contributed by atoms with Crippen molar-refractivity contribution >= 4 is 12.6 Å². The number of nitrogens with zero attached hydrogens (tertiary/aromatic N) is 2. The molecule has 0 bridgehead atoms. The number of hydrogen-bond donors (Lipinski definition) is 1. The van der Waals surface area contributed by atoms with Gasteiger partial charge in [-0.25, -0.2) is 0 Å². The first-order valence-corrected chi connectivity index (χ1v) is 3.86. The van der Waals surface area contributed by atoms with E-state index in [0.29, 0.717) is 11.4 Å². The van der Waals surface area contributed by atoms with Gasteiger partial charge in [0, 0.05) is 0 Å². The largest absolute Gasteiger partial charge is 0.166 e. The topological polar surface area (TPSA) is 25.8 Å². The van der Waals surface area contributed by atoms with Crippen LogP contribution in [0.3, 0.4) is 0 Å². The molecule has 1 rings (SSSR count). The van der Waals surface area contributed by atoms with E-state index in [4.69, 9.17) is 0 Å². The molecule has 0 aliphatic carbocycles. The van der Waals surface area contributed by atoms with Crippen molar-refractivity contribution in [2.45, 2.75) is 6.92 Å². The molecule has 2 nitrogen and oxygen atoms in total. The molecule has 0 fully saturated rings. The van der Waals surface area contributed by atoms with Crippen molar-refractivity contribution < 1.29 is 0 Å². The molecular weight excluding hydrogens is 156 g/mol. The normalized spacial score (nSPS) is 8.55. The van der Waals surface area contributed by atoms with Crippen LogP contribution in [-0.4, -0.2) is 16.0 Å². The second-order valence-electron chi connectivity index (χ2n) is 2.02. The van der Waals surface area contributed by atoms with E-state index in [-0.39, 0.29) is 0 Å². The van der Waals surface area contributed by atoms with Crippen molar-refractivity contribution in [1.29, 1.82) is 0 Å². The zero-order valence-electron chi connectivity index (χ0n) is 6.20. The number of aromatic nitrogens is 2. The lowest BCUT2D eigenvalue weighted by Crippen LogP contribution is -1.88. The molecule has 0 atom stereocenters. The molecule has 0 amide bonds. The highest BCUT2D eigenvalue weighted by Crippen LogP contribution is 1.91. The smallest absolute Gasteiger partial charge is 0.135 e. The van der Waals surface area contributed by atoms with E-state index in [1.54, 1.807) is 0 Å². The third-order valence-electron chi connectivity index (χ3n) is 1.09. The first-order chi connectivity index (χ1) is 5.33. The second-order valence-corrected chi connectivity index (χ2v) is 2.34. The highest BCUT2D eigenvalue weighted by atomic mass is 32.1. The Balaban J connectivity index is 2.82. The second kappa shape index (κ2) is 3.99. The molecule has 0 aromatic carbocycles. The molecule has 0 aliphatic heterocycles. The predicted molar refractivity (Wildman–Crippen MR) is 47.5 cm³/mol. The molecule has 0 saturated heterocycles. The highest BCUT2D eigenvalue weighted by Gasteiger charge is 1.87. The molecule has 56 valence electrons. The molecule has 11 heavy (non-hydrogen) atoms. The molecule has 0 unspecified atom stereocenters. The van der Waals surface area contributed by atoms with Crippen LogP contribution in [0.5, 0.6) is 0 Å². The predicted octanol–water partition coefficient (Wildman–Crippen LogP) is 1.07. The van der Waals surface area contributed by atoms with Crippen molar-refractivity contribution in [3.05, 3.63) is 23.5 Å². The fourth-order valence-corrected chi connectivity index (χ4v) is 0.675. The summed E-state index contributed by atoms with van der Waals surface area (Å²) in [7, 11) is 0. The summed E-state index contributed by atoms with van der Waals surface area (Å²) < 4.78 is 0. The minimum atomic E-state index is 0.551. The van der Waals surface area contributed by atoms with Gasteiger partial charge < -0.3 is 0 Å². The number of rotatable bonds is 0. The molecule has 0 spiro atoms. The van der Waals surface area contributed by atoms with Gasteiger partial charge in [0.15, 0.2) is 0 Å². The van der Waals surface area contributed by atoms with Crippen LogP contribution in [0.15, 0.2) is 12.1 Å². The van der Waals surface area contributed by atoms with Gasteiger partial charge in [-0.2, -0.15) is 17.7 Å². The van der Waals surface area contributed by atoms with Crippen LogP contribution in [0.1, 0.15) is 11.4 Å². The first kappa shape index (κ1) is 8.09. The van der Waals surface area contributed by atoms with Gasteiger partial charge in [-0.1, -0.05) is 5.92 Å². The molecule has 0 radical (unpaired) electrons. The fraction of sp³-hybridized carbons (Fsp3) is 0.250. The Labute approximate surface area is 71.5 Å². The average molecular weight is 164 g/mol. The lowest BCUT2D eigenvalue weighted by Gasteiger charge is -1.88. The van der Waals surface area contributed by atoms with E-state index >= 15 is 0 Å². The van der Waals surface area contributed by atoms with Crippen molar-refractivity contribution in [3.8, 4) is 11.8 Å². The van der Waals surface area contributed by atoms with Crippen LogP contribution in [0.25, 0.3) is 0 Å². The molecule has 1 aromatic rings. The maximum absolute atomic E-state index is 3.95. The molecule has 0 aliphatic rings. The third kappa shape index (κ3) is 2.60. The first-order valence-electron chi connectivity index (χ1n) is 3.23. The van der Waals surface area contributed by atoms with E-state index in [0.717, 1.165) is 5.69 Å². The van der Waals surface area contributed by atoms with Crippen LogP contribution < -0.4 is 0 Å². The molecule has 1 heterocycles. The Kier molecular flexibility index (Phi) is 2.94. The van der Waals surface area contributed by atoms with Gasteiger partial charge in [0.2, 0.25) is 0 Å². The number of thiol groups is 1. The van der Waals surface area contributed by atoms with E-state index in [1.807, 2.05) is 19.1 Å². The monoisotopic (exact) mass is 164 g/mol. The Morgan fingerprint density at radius 1 is 1.45 bits per heavy atom. The van der Waals surface area contributed by atoms with Gasteiger partial charge >= 0.3 is 0 Å². The summed E-state index contributed by atoms with van der Waals surface area (Å²) >= 11 is 3.95. The van der Waals surface area contributed by atoms with Gasteiger partial charge in [0.1, 0.15) is 5.69 Å². The summed E-state index contributed by atoms with van der Waals surface area (Å²) in [5.41, 5.74) is 1.60. The summed E-state index contributed by atoms with van der Waals surface area (Å²) in [5.74, 6) is 6.17. The van der Waals surface area contributed by atoms with Gasteiger partial charge in [-0.15, -0.1) is 5.10 Å². The molecule has 0 saturated carbocycles. The molecule has 0 N–H and O–H groups in total. The van der Waals surface area contributed by atoms with Crippen molar-refractivity contribution in [1.82, 2.24) is 10.2 Å². The molecule has 3 heteroatoms. The minimum absolute atomic E-state index is 0.551. The van der Waals surface area contributed by atoms with Crippen molar-refractivity contribution in [2.24, 2.45) is 0 Å². The maximum atomic E-state index is 3.95. The van der Waals surface area contributed by atoms with Crippen molar-refractivity contribution in [3.63, 3.8) is 0 Å².